The molecule has 1 aliphatic heterocycles. The highest BCUT2D eigenvalue weighted by molar-refractivity contribution is 7.86. The van der Waals surface area contributed by atoms with Crippen molar-refractivity contribution in [1.29, 1.82) is 0 Å². The summed E-state index contributed by atoms with van der Waals surface area (Å²) >= 11 is 0. The number of carbonyl (C=O) groups excluding carboxylic acids is 1. The Morgan fingerprint density at radius 3 is 2.50 bits per heavy atom. The predicted molar refractivity (Wildman–Crippen MR) is 57.7 cm³/mol. The van der Waals surface area contributed by atoms with E-state index in [2.05, 4.69) is 0 Å². The Balaban J connectivity index is 2.91. The van der Waals surface area contributed by atoms with Crippen molar-refractivity contribution in [3.05, 3.63) is 0 Å². The number of morpholine rings is 1. The summed E-state index contributed by atoms with van der Waals surface area (Å²) in [5.41, 5.74) is 3.94. The molecule has 0 saturated carbocycles. The maximum absolute atomic E-state index is 11.8. The lowest BCUT2D eigenvalue weighted by molar-refractivity contribution is -0.148. The minimum atomic E-state index is -3.53. The number of ether oxygens (including phenoxy) is 1. The molecule has 7 nitrogen and oxygen atoms in total. The molecule has 1 amide bonds. The van der Waals surface area contributed by atoms with Gasteiger partial charge in [0.05, 0.1) is 13.2 Å². The molecule has 1 rings (SSSR count). The van der Waals surface area contributed by atoms with Gasteiger partial charge in [0.15, 0.2) is 5.60 Å². The van der Waals surface area contributed by atoms with Gasteiger partial charge < -0.3 is 10.5 Å². The predicted octanol–water partition coefficient (Wildman–Crippen LogP) is -1.63. The standard InChI is InChI=1S/C8H17N3O4S/c1-8(7(9)12)6-11(4-5-15-8)16(13,14)10(2)3/h4-6H2,1-3H3,(H2,9,12). The number of nitrogens with two attached hydrogens (primary N) is 1. The van der Waals surface area contributed by atoms with Crippen molar-refractivity contribution in [2.24, 2.45) is 5.73 Å². The Morgan fingerprint density at radius 2 is 2.06 bits per heavy atom. The van der Waals surface area contributed by atoms with Gasteiger partial charge in [0.25, 0.3) is 16.1 Å². The molecule has 1 fully saturated rings. The third-order valence-electron chi connectivity index (χ3n) is 2.55. The summed E-state index contributed by atoms with van der Waals surface area (Å²) < 4.78 is 31.2. The van der Waals surface area contributed by atoms with E-state index in [9.17, 15) is 13.2 Å². The molecule has 0 spiro atoms. The van der Waals surface area contributed by atoms with Gasteiger partial charge in [0.1, 0.15) is 0 Å². The first kappa shape index (κ1) is 13.4. The van der Waals surface area contributed by atoms with E-state index in [1.165, 1.54) is 25.3 Å². The van der Waals surface area contributed by atoms with Crippen LogP contribution >= 0.6 is 0 Å². The van der Waals surface area contributed by atoms with Gasteiger partial charge in [-0.2, -0.15) is 17.0 Å². The highest BCUT2D eigenvalue weighted by Crippen LogP contribution is 2.20. The fourth-order valence-electron chi connectivity index (χ4n) is 1.41. The molecule has 8 heteroatoms. The lowest BCUT2D eigenvalue weighted by atomic mass is 10.1. The van der Waals surface area contributed by atoms with E-state index < -0.39 is 21.7 Å². The van der Waals surface area contributed by atoms with Crippen LogP contribution in [0.2, 0.25) is 0 Å². The zero-order valence-electron chi connectivity index (χ0n) is 9.63. The Bertz CT molecular complexity index is 381. The zero-order chi connectivity index (χ0) is 12.6. The van der Waals surface area contributed by atoms with Gasteiger partial charge in [-0.15, -0.1) is 0 Å². The topological polar surface area (TPSA) is 92.9 Å². The molecule has 1 heterocycles. The van der Waals surface area contributed by atoms with Crippen molar-refractivity contribution in [2.75, 3.05) is 33.8 Å². The number of rotatable bonds is 3. The SMILES string of the molecule is CN(C)S(=O)(=O)N1CCOC(C)(C(N)=O)C1. The van der Waals surface area contributed by atoms with Crippen LogP contribution in [0.15, 0.2) is 0 Å². The second-order valence-corrected chi connectivity index (χ2v) is 6.21. The average molecular weight is 251 g/mol. The number of primary amides is 1. The van der Waals surface area contributed by atoms with Crippen molar-refractivity contribution in [2.45, 2.75) is 12.5 Å². The fourth-order valence-corrected chi connectivity index (χ4v) is 2.59. The van der Waals surface area contributed by atoms with E-state index in [0.717, 1.165) is 4.31 Å². The van der Waals surface area contributed by atoms with E-state index in [1.807, 2.05) is 0 Å². The molecule has 1 aliphatic rings. The van der Waals surface area contributed by atoms with Crippen molar-refractivity contribution in [3.63, 3.8) is 0 Å². The molecule has 0 radical (unpaired) electrons. The lowest BCUT2D eigenvalue weighted by Gasteiger charge is -2.38. The third-order valence-corrected chi connectivity index (χ3v) is 4.44. The number of amides is 1. The Morgan fingerprint density at radius 1 is 1.50 bits per heavy atom. The lowest BCUT2D eigenvalue weighted by Crippen LogP contribution is -2.59. The first-order valence-corrected chi connectivity index (χ1v) is 6.21. The van der Waals surface area contributed by atoms with E-state index >= 15 is 0 Å². The number of nitrogens with zero attached hydrogens (tertiary/aromatic N) is 2. The minimum Gasteiger partial charge on any atom is -0.367 e. The molecule has 1 saturated heterocycles. The van der Waals surface area contributed by atoms with Crippen molar-refractivity contribution < 1.29 is 17.9 Å². The average Bonchev–Trinajstić information content (AvgIpc) is 2.17. The van der Waals surface area contributed by atoms with Gasteiger partial charge in [0.2, 0.25) is 0 Å². The first-order chi connectivity index (χ1) is 7.20. The van der Waals surface area contributed by atoms with Crippen LogP contribution in [-0.4, -0.2) is 62.3 Å². The number of carbonyl (C=O) groups is 1. The summed E-state index contributed by atoms with van der Waals surface area (Å²) in [6.07, 6.45) is 0. The molecule has 2 N–H and O–H groups in total. The smallest absolute Gasteiger partial charge is 0.281 e. The fraction of sp³-hybridized carbons (Fsp3) is 0.875. The molecule has 16 heavy (non-hydrogen) atoms. The first-order valence-electron chi connectivity index (χ1n) is 4.81. The maximum atomic E-state index is 11.8. The molecule has 0 aromatic rings. The summed E-state index contributed by atoms with van der Waals surface area (Å²) in [6, 6.07) is 0. The van der Waals surface area contributed by atoms with Gasteiger partial charge in [-0.3, -0.25) is 4.79 Å². The molecule has 0 aromatic heterocycles. The van der Waals surface area contributed by atoms with Crippen LogP contribution in [0.4, 0.5) is 0 Å². The molecule has 1 atom stereocenters. The summed E-state index contributed by atoms with van der Waals surface area (Å²) in [7, 11) is -0.652. The molecule has 0 aromatic carbocycles. The van der Waals surface area contributed by atoms with Crippen molar-refractivity contribution >= 4 is 16.1 Å². The Hall–Kier alpha value is -0.700. The van der Waals surface area contributed by atoms with E-state index in [4.69, 9.17) is 10.5 Å². The number of hydrogen-bond donors (Lipinski definition) is 1. The van der Waals surface area contributed by atoms with E-state index in [-0.39, 0.29) is 19.7 Å². The van der Waals surface area contributed by atoms with Crippen LogP contribution in [0.5, 0.6) is 0 Å². The van der Waals surface area contributed by atoms with Gasteiger partial charge in [-0.1, -0.05) is 0 Å². The van der Waals surface area contributed by atoms with Crippen LogP contribution in [0, 0.1) is 0 Å². The summed E-state index contributed by atoms with van der Waals surface area (Å²) in [5.74, 6) is -0.661. The minimum absolute atomic E-state index is 0.0527. The number of hydrogen-bond acceptors (Lipinski definition) is 4. The maximum Gasteiger partial charge on any atom is 0.281 e. The molecular formula is C8H17N3O4S. The normalized spacial score (nSPS) is 28.2. The zero-order valence-corrected chi connectivity index (χ0v) is 10.5. The second kappa shape index (κ2) is 4.28. The third kappa shape index (κ3) is 2.34. The quantitative estimate of drug-likeness (QED) is 0.651. The molecule has 0 aliphatic carbocycles. The molecule has 0 bridgehead atoms. The van der Waals surface area contributed by atoms with Gasteiger partial charge in [0, 0.05) is 20.6 Å². The monoisotopic (exact) mass is 251 g/mol. The molecular weight excluding hydrogens is 234 g/mol. The van der Waals surface area contributed by atoms with Crippen molar-refractivity contribution in [1.82, 2.24) is 8.61 Å². The van der Waals surface area contributed by atoms with Crippen LogP contribution in [0.1, 0.15) is 6.92 Å². The Kier molecular flexibility index (Phi) is 3.58. The van der Waals surface area contributed by atoms with Crippen LogP contribution in [0.25, 0.3) is 0 Å². The van der Waals surface area contributed by atoms with Gasteiger partial charge in [-0.05, 0) is 6.92 Å². The van der Waals surface area contributed by atoms with Crippen LogP contribution in [0.3, 0.4) is 0 Å². The molecule has 1 unspecified atom stereocenters. The summed E-state index contributed by atoms with van der Waals surface area (Å²) in [4.78, 5) is 11.2. The highest BCUT2D eigenvalue weighted by atomic mass is 32.2. The Labute approximate surface area is 95.3 Å². The van der Waals surface area contributed by atoms with Crippen LogP contribution in [-0.2, 0) is 19.7 Å². The highest BCUT2D eigenvalue weighted by Gasteiger charge is 2.42. The summed E-state index contributed by atoms with van der Waals surface area (Å²) in [6.45, 7) is 1.82. The summed E-state index contributed by atoms with van der Waals surface area (Å²) in [5, 5.41) is 0. The van der Waals surface area contributed by atoms with Gasteiger partial charge >= 0.3 is 0 Å². The largest absolute Gasteiger partial charge is 0.367 e. The van der Waals surface area contributed by atoms with Gasteiger partial charge in [-0.25, -0.2) is 0 Å². The van der Waals surface area contributed by atoms with E-state index in [1.54, 1.807) is 0 Å². The van der Waals surface area contributed by atoms with E-state index in [0.29, 0.717) is 0 Å². The molecule has 94 valence electrons. The van der Waals surface area contributed by atoms with Crippen LogP contribution < -0.4 is 5.73 Å². The van der Waals surface area contributed by atoms with Crippen molar-refractivity contribution in [3.8, 4) is 0 Å². The second-order valence-electron chi connectivity index (χ2n) is 4.07.